The van der Waals surface area contributed by atoms with Gasteiger partial charge < -0.3 is 15.2 Å². The highest BCUT2D eigenvalue weighted by molar-refractivity contribution is 5.94. The lowest BCUT2D eigenvalue weighted by Gasteiger charge is -2.18. The van der Waals surface area contributed by atoms with Gasteiger partial charge in [-0.1, -0.05) is 44.0 Å². The summed E-state index contributed by atoms with van der Waals surface area (Å²) in [6, 6.07) is 11.5. The number of esters is 1. The molecule has 0 aliphatic heterocycles. The normalized spacial score (nSPS) is 12.1. The highest BCUT2D eigenvalue weighted by atomic mass is 16.6. The zero-order valence-corrected chi connectivity index (χ0v) is 13.9. The van der Waals surface area contributed by atoms with Crippen molar-refractivity contribution in [3.63, 3.8) is 0 Å². The lowest BCUT2D eigenvalue weighted by Crippen LogP contribution is -2.29. The molecular formula is C19H25NO3. The van der Waals surface area contributed by atoms with Crippen LogP contribution in [0.15, 0.2) is 36.4 Å². The maximum absolute atomic E-state index is 12.1. The standard InChI is InChI=1S/C19H25NO3/c1-3-5-6-11-18(19(21)22-4-2)23-15-12-14-9-7-8-10-16(14)17(20)13-15/h7-10,12-13,18H,3-6,11,20H2,1-2H3/t18-/m0/s1. The second kappa shape index (κ2) is 8.42. The van der Waals surface area contributed by atoms with Crippen molar-refractivity contribution in [2.45, 2.75) is 45.6 Å². The summed E-state index contributed by atoms with van der Waals surface area (Å²) in [5, 5.41) is 1.98. The minimum absolute atomic E-state index is 0.310. The fraction of sp³-hybridized carbons (Fsp3) is 0.421. The van der Waals surface area contributed by atoms with Crippen LogP contribution < -0.4 is 10.5 Å². The lowest BCUT2D eigenvalue weighted by atomic mass is 10.1. The van der Waals surface area contributed by atoms with Crippen LogP contribution in [0, 0.1) is 0 Å². The number of anilines is 1. The van der Waals surface area contributed by atoms with Gasteiger partial charge in [-0.05, 0) is 31.2 Å². The van der Waals surface area contributed by atoms with Crippen LogP contribution in [-0.4, -0.2) is 18.7 Å². The molecule has 0 spiro atoms. The van der Waals surface area contributed by atoms with E-state index >= 15 is 0 Å². The minimum atomic E-state index is -0.581. The molecule has 0 saturated heterocycles. The van der Waals surface area contributed by atoms with Crippen molar-refractivity contribution in [2.75, 3.05) is 12.3 Å². The molecule has 0 bridgehead atoms. The molecular weight excluding hydrogens is 290 g/mol. The van der Waals surface area contributed by atoms with Gasteiger partial charge in [0, 0.05) is 17.1 Å². The Hall–Kier alpha value is -2.23. The first-order valence-corrected chi connectivity index (χ1v) is 8.27. The second-order valence-electron chi connectivity index (χ2n) is 5.59. The summed E-state index contributed by atoms with van der Waals surface area (Å²) in [5.41, 5.74) is 6.74. The lowest BCUT2D eigenvalue weighted by molar-refractivity contribution is -0.151. The number of rotatable bonds is 8. The second-order valence-corrected chi connectivity index (χ2v) is 5.59. The van der Waals surface area contributed by atoms with Crippen LogP contribution in [0.5, 0.6) is 5.75 Å². The van der Waals surface area contributed by atoms with E-state index in [1.807, 2.05) is 30.3 Å². The SMILES string of the molecule is CCCCC[C@H](Oc1cc(N)c2ccccc2c1)C(=O)OCC. The maximum atomic E-state index is 12.1. The van der Waals surface area contributed by atoms with E-state index in [1.165, 1.54) is 0 Å². The van der Waals surface area contributed by atoms with Crippen LogP contribution in [0.1, 0.15) is 39.5 Å². The average molecular weight is 315 g/mol. The molecule has 2 aromatic rings. The molecule has 4 heteroatoms. The van der Waals surface area contributed by atoms with Crippen molar-refractivity contribution in [3.05, 3.63) is 36.4 Å². The Balaban J connectivity index is 2.18. The summed E-state index contributed by atoms with van der Waals surface area (Å²) in [4.78, 5) is 12.1. The number of hydrogen-bond donors (Lipinski definition) is 1. The highest BCUT2D eigenvalue weighted by Gasteiger charge is 2.21. The van der Waals surface area contributed by atoms with Gasteiger partial charge in [0.1, 0.15) is 5.75 Å². The van der Waals surface area contributed by atoms with Crippen LogP contribution in [0.3, 0.4) is 0 Å². The molecule has 0 amide bonds. The topological polar surface area (TPSA) is 61.5 Å². The molecule has 23 heavy (non-hydrogen) atoms. The van der Waals surface area contributed by atoms with Gasteiger partial charge in [-0.3, -0.25) is 0 Å². The monoisotopic (exact) mass is 315 g/mol. The predicted octanol–water partition coefficient (Wildman–Crippen LogP) is 4.31. The Morgan fingerprint density at radius 1 is 1.17 bits per heavy atom. The summed E-state index contributed by atoms with van der Waals surface area (Å²) in [6.07, 6.45) is 3.17. The molecule has 1 atom stereocenters. The predicted molar refractivity (Wildman–Crippen MR) is 93.6 cm³/mol. The van der Waals surface area contributed by atoms with Gasteiger partial charge in [0.05, 0.1) is 6.61 Å². The van der Waals surface area contributed by atoms with E-state index in [-0.39, 0.29) is 5.97 Å². The van der Waals surface area contributed by atoms with Gasteiger partial charge in [0.15, 0.2) is 6.10 Å². The number of carbonyl (C=O) groups is 1. The zero-order valence-electron chi connectivity index (χ0n) is 13.9. The zero-order chi connectivity index (χ0) is 16.7. The third-order valence-electron chi connectivity index (χ3n) is 3.77. The number of hydrogen-bond acceptors (Lipinski definition) is 4. The molecule has 124 valence electrons. The van der Waals surface area contributed by atoms with Crippen molar-refractivity contribution in [1.29, 1.82) is 0 Å². The van der Waals surface area contributed by atoms with Gasteiger partial charge in [-0.2, -0.15) is 0 Å². The molecule has 2 rings (SSSR count). The van der Waals surface area contributed by atoms with E-state index in [0.29, 0.717) is 24.5 Å². The van der Waals surface area contributed by atoms with Gasteiger partial charge in [-0.15, -0.1) is 0 Å². The molecule has 4 nitrogen and oxygen atoms in total. The van der Waals surface area contributed by atoms with Crippen molar-refractivity contribution >= 4 is 22.4 Å². The van der Waals surface area contributed by atoms with Crippen molar-refractivity contribution in [2.24, 2.45) is 0 Å². The number of benzene rings is 2. The number of nitrogen functional groups attached to an aromatic ring is 1. The van der Waals surface area contributed by atoms with E-state index in [2.05, 4.69) is 6.92 Å². The van der Waals surface area contributed by atoms with Crippen molar-refractivity contribution in [1.82, 2.24) is 0 Å². The number of ether oxygens (including phenoxy) is 2. The summed E-state index contributed by atoms with van der Waals surface area (Å²) in [7, 11) is 0. The van der Waals surface area contributed by atoms with Crippen LogP contribution in [-0.2, 0) is 9.53 Å². The fourth-order valence-electron chi connectivity index (χ4n) is 2.58. The molecule has 0 unspecified atom stereocenters. The number of fused-ring (bicyclic) bond motifs is 1. The fourth-order valence-corrected chi connectivity index (χ4v) is 2.58. The maximum Gasteiger partial charge on any atom is 0.347 e. The summed E-state index contributed by atoms with van der Waals surface area (Å²) < 4.78 is 11.0. The first kappa shape index (κ1) is 17.1. The Morgan fingerprint density at radius 3 is 2.70 bits per heavy atom. The first-order chi connectivity index (χ1) is 11.2. The number of unbranched alkanes of at least 4 members (excludes halogenated alkanes) is 2. The third-order valence-corrected chi connectivity index (χ3v) is 3.77. The largest absolute Gasteiger partial charge is 0.479 e. The molecule has 0 fully saturated rings. The number of nitrogens with two attached hydrogens (primary N) is 1. The van der Waals surface area contributed by atoms with E-state index < -0.39 is 6.10 Å². The Labute approximate surface area is 137 Å². The number of carbonyl (C=O) groups excluding carboxylic acids is 1. The summed E-state index contributed by atoms with van der Waals surface area (Å²) in [5.74, 6) is 0.297. The molecule has 0 heterocycles. The van der Waals surface area contributed by atoms with Gasteiger partial charge in [0.25, 0.3) is 0 Å². The van der Waals surface area contributed by atoms with Crippen LogP contribution in [0.25, 0.3) is 10.8 Å². The van der Waals surface area contributed by atoms with Crippen molar-refractivity contribution < 1.29 is 14.3 Å². The minimum Gasteiger partial charge on any atom is -0.479 e. The molecule has 2 aromatic carbocycles. The first-order valence-electron chi connectivity index (χ1n) is 8.27. The van der Waals surface area contributed by atoms with Gasteiger partial charge >= 0.3 is 5.97 Å². The van der Waals surface area contributed by atoms with Gasteiger partial charge in [0.2, 0.25) is 0 Å². The van der Waals surface area contributed by atoms with E-state index in [0.717, 1.165) is 30.0 Å². The summed E-state index contributed by atoms with van der Waals surface area (Å²) >= 11 is 0. The van der Waals surface area contributed by atoms with Crippen LogP contribution >= 0.6 is 0 Å². The Morgan fingerprint density at radius 2 is 1.96 bits per heavy atom. The Bertz CT molecular complexity index is 654. The van der Waals surface area contributed by atoms with Crippen LogP contribution in [0.4, 0.5) is 5.69 Å². The van der Waals surface area contributed by atoms with Crippen molar-refractivity contribution in [3.8, 4) is 5.75 Å². The smallest absolute Gasteiger partial charge is 0.347 e. The average Bonchev–Trinajstić information content (AvgIpc) is 2.54. The quantitative estimate of drug-likeness (QED) is 0.448. The molecule has 0 aliphatic rings. The molecule has 0 aliphatic carbocycles. The molecule has 0 saturated carbocycles. The summed E-state index contributed by atoms with van der Waals surface area (Å²) in [6.45, 7) is 4.28. The Kier molecular flexibility index (Phi) is 6.27. The third kappa shape index (κ3) is 4.62. The van der Waals surface area contributed by atoms with E-state index in [4.69, 9.17) is 15.2 Å². The van der Waals surface area contributed by atoms with E-state index in [9.17, 15) is 4.79 Å². The van der Waals surface area contributed by atoms with Crippen LogP contribution in [0.2, 0.25) is 0 Å². The molecule has 0 radical (unpaired) electrons. The highest BCUT2D eigenvalue weighted by Crippen LogP contribution is 2.28. The van der Waals surface area contributed by atoms with Gasteiger partial charge in [-0.25, -0.2) is 4.79 Å². The molecule has 0 aromatic heterocycles. The van der Waals surface area contributed by atoms with E-state index in [1.54, 1.807) is 13.0 Å². The molecule has 2 N–H and O–H groups in total.